The Balaban J connectivity index is 2.88. The van der Waals surface area contributed by atoms with Crippen LogP contribution in [-0.2, 0) is 6.61 Å². The highest BCUT2D eigenvalue weighted by Gasteiger charge is 2.09. The van der Waals surface area contributed by atoms with Gasteiger partial charge in [-0.2, -0.15) is 0 Å². The summed E-state index contributed by atoms with van der Waals surface area (Å²) in [6.45, 7) is 1.85. The number of hydrogen-bond acceptors (Lipinski definition) is 3. The van der Waals surface area contributed by atoms with Crippen LogP contribution >= 0.6 is 11.3 Å². The van der Waals surface area contributed by atoms with E-state index in [1.807, 2.05) is 18.4 Å². The Hall–Kier alpha value is -1.06. The van der Waals surface area contributed by atoms with Crippen LogP contribution in [0.4, 0.5) is 0 Å². The van der Waals surface area contributed by atoms with E-state index in [0.717, 1.165) is 15.6 Å². The molecule has 1 aromatic heterocycles. The number of hydrogen-bond donors (Lipinski definition) is 2. The Bertz CT molecular complexity index is 445. The lowest BCUT2D eigenvalue weighted by atomic mass is 10.1. The Kier molecular flexibility index (Phi) is 1.98. The number of benzene rings is 1. The van der Waals surface area contributed by atoms with Gasteiger partial charge < -0.3 is 10.2 Å². The molecule has 0 aliphatic heterocycles. The second-order valence-electron chi connectivity index (χ2n) is 3.01. The van der Waals surface area contributed by atoms with Crippen LogP contribution in [-0.4, -0.2) is 10.2 Å². The average molecular weight is 194 g/mol. The van der Waals surface area contributed by atoms with Crippen LogP contribution in [0.1, 0.15) is 11.1 Å². The number of aliphatic hydroxyl groups excluding tert-OH is 1. The smallest absolute Gasteiger partial charge is 0.122 e. The zero-order valence-corrected chi connectivity index (χ0v) is 8.06. The van der Waals surface area contributed by atoms with Crippen molar-refractivity contribution in [1.29, 1.82) is 0 Å². The van der Waals surface area contributed by atoms with Crippen molar-refractivity contribution >= 4 is 21.4 Å². The van der Waals surface area contributed by atoms with Gasteiger partial charge in [0.1, 0.15) is 5.75 Å². The largest absolute Gasteiger partial charge is 0.508 e. The van der Waals surface area contributed by atoms with Gasteiger partial charge in [0.05, 0.1) is 6.61 Å². The van der Waals surface area contributed by atoms with E-state index in [4.69, 9.17) is 5.11 Å². The minimum Gasteiger partial charge on any atom is -0.508 e. The summed E-state index contributed by atoms with van der Waals surface area (Å²) in [6.07, 6.45) is 0. The SMILES string of the molecule is Cc1cc(O)c(CO)c2sccc12. The molecule has 0 aliphatic carbocycles. The van der Waals surface area contributed by atoms with E-state index in [-0.39, 0.29) is 12.4 Å². The zero-order chi connectivity index (χ0) is 9.42. The lowest BCUT2D eigenvalue weighted by molar-refractivity contribution is 0.277. The van der Waals surface area contributed by atoms with Crippen molar-refractivity contribution in [3.05, 3.63) is 28.6 Å². The number of aryl methyl sites for hydroxylation is 1. The first-order valence-electron chi connectivity index (χ1n) is 4.03. The molecule has 0 bridgehead atoms. The summed E-state index contributed by atoms with van der Waals surface area (Å²) >= 11 is 1.55. The predicted octanol–water partition coefficient (Wildman–Crippen LogP) is 2.41. The Morgan fingerprint density at radius 2 is 2.23 bits per heavy atom. The molecule has 3 heteroatoms. The lowest BCUT2D eigenvalue weighted by Crippen LogP contribution is -1.86. The fourth-order valence-electron chi connectivity index (χ4n) is 1.49. The number of thiophene rings is 1. The van der Waals surface area contributed by atoms with Crippen molar-refractivity contribution in [2.75, 3.05) is 0 Å². The zero-order valence-electron chi connectivity index (χ0n) is 7.24. The number of aliphatic hydroxyl groups is 1. The summed E-state index contributed by atoms with van der Waals surface area (Å²) in [7, 11) is 0. The van der Waals surface area contributed by atoms with Crippen LogP contribution in [0.2, 0.25) is 0 Å². The molecule has 2 aromatic rings. The highest BCUT2D eigenvalue weighted by molar-refractivity contribution is 7.17. The van der Waals surface area contributed by atoms with Gasteiger partial charge in [-0.15, -0.1) is 11.3 Å². The van der Waals surface area contributed by atoms with Crippen LogP contribution in [0.25, 0.3) is 10.1 Å². The van der Waals surface area contributed by atoms with Crippen LogP contribution < -0.4 is 0 Å². The molecule has 0 radical (unpaired) electrons. The fraction of sp³-hybridized carbons (Fsp3) is 0.200. The van der Waals surface area contributed by atoms with Gasteiger partial charge in [0.2, 0.25) is 0 Å². The van der Waals surface area contributed by atoms with Crippen LogP contribution in [0.3, 0.4) is 0 Å². The van der Waals surface area contributed by atoms with E-state index >= 15 is 0 Å². The molecule has 1 heterocycles. The molecule has 2 nitrogen and oxygen atoms in total. The van der Waals surface area contributed by atoms with Gasteiger partial charge in [-0.1, -0.05) is 0 Å². The molecule has 1 aromatic carbocycles. The monoisotopic (exact) mass is 194 g/mol. The Morgan fingerprint density at radius 1 is 1.46 bits per heavy atom. The van der Waals surface area contributed by atoms with Gasteiger partial charge in [-0.25, -0.2) is 0 Å². The molecular formula is C10H10O2S. The van der Waals surface area contributed by atoms with E-state index in [2.05, 4.69) is 0 Å². The quantitative estimate of drug-likeness (QED) is 0.731. The first kappa shape index (κ1) is 8.53. The number of aromatic hydroxyl groups is 1. The summed E-state index contributed by atoms with van der Waals surface area (Å²) < 4.78 is 0.986. The second-order valence-corrected chi connectivity index (χ2v) is 3.93. The van der Waals surface area contributed by atoms with Gasteiger partial charge >= 0.3 is 0 Å². The maximum Gasteiger partial charge on any atom is 0.122 e. The second kappa shape index (κ2) is 3.01. The van der Waals surface area contributed by atoms with Crippen molar-refractivity contribution in [2.45, 2.75) is 13.5 Å². The summed E-state index contributed by atoms with van der Waals surface area (Å²) in [5.74, 6) is 0.190. The summed E-state index contributed by atoms with van der Waals surface area (Å²) in [5, 5.41) is 21.7. The molecule has 68 valence electrons. The van der Waals surface area contributed by atoms with Crippen molar-refractivity contribution in [3.8, 4) is 5.75 Å². The third-order valence-electron chi connectivity index (χ3n) is 2.18. The number of phenols is 1. The lowest BCUT2D eigenvalue weighted by Gasteiger charge is -2.04. The molecule has 2 rings (SSSR count). The Morgan fingerprint density at radius 3 is 2.92 bits per heavy atom. The summed E-state index contributed by atoms with van der Waals surface area (Å²) in [4.78, 5) is 0. The topological polar surface area (TPSA) is 40.5 Å². The minimum atomic E-state index is -0.108. The van der Waals surface area contributed by atoms with Gasteiger partial charge in [0.25, 0.3) is 0 Å². The molecule has 0 aliphatic rings. The summed E-state index contributed by atoms with van der Waals surface area (Å²) in [5.41, 5.74) is 1.68. The van der Waals surface area contributed by atoms with Gasteiger partial charge in [0.15, 0.2) is 0 Å². The fourth-order valence-corrected chi connectivity index (χ4v) is 2.50. The van der Waals surface area contributed by atoms with Crippen molar-refractivity contribution in [3.63, 3.8) is 0 Å². The molecule has 0 fully saturated rings. The van der Waals surface area contributed by atoms with Crippen molar-refractivity contribution in [1.82, 2.24) is 0 Å². The van der Waals surface area contributed by atoms with Crippen molar-refractivity contribution in [2.24, 2.45) is 0 Å². The standard InChI is InChI=1S/C10H10O2S/c1-6-4-9(12)8(5-11)10-7(6)2-3-13-10/h2-4,11-12H,5H2,1H3. The third-order valence-corrected chi connectivity index (χ3v) is 3.16. The molecule has 0 unspecified atom stereocenters. The maximum atomic E-state index is 9.55. The molecule has 0 saturated carbocycles. The normalized spacial score (nSPS) is 10.9. The first-order chi connectivity index (χ1) is 6.24. The van der Waals surface area contributed by atoms with Crippen molar-refractivity contribution < 1.29 is 10.2 Å². The highest BCUT2D eigenvalue weighted by Crippen LogP contribution is 2.33. The van der Waals surface area contributed by atoms with E-state index in [1.165, 1.54) is 0 Å². The van der Waals surface area contributed by atoms with Crippen LogP contribution in [0, 0.1) is 6.92 Å². The maximum absolute atomic E-state index is 9.55. The molecular weight excluding hydrogens is 184 g/mol. The summed E-state index contributed by atoms with van der Waals surface area (Å²) in [6, 6.07) is 3.70. The predicted molar refractivity (Wildman–Crippen MR) is 54.1 cm³/mol. The van der Waals surface area contributed by atoms with Crippen LogP contribution in [0.5, 0.6) is 5.75 Å². The minimum absolute atomic E-state index is 0.108. The first-order valence-corrected chi connectivity index (χ1v) is 4.91. The Labute approximate surface area is 80.1 Å². The molecule has 0 spiro atoms. The molecule has 0 atom stereocenters. The highest BCUT2D eigenvalue weighted by atomic mass is 32.1. The third kappa shape index (κ3) is 1.20. The molecule has 13 heavy (non-hydrogen) atoms. The van der Waals surface area contributed by atoms with Gasteiger partial charge in [-0.3, -0.25) is 0 Å². The van der Waals surface area contributed by atoms with E-state index in [9.17, 15) is 5.11 Å². The van der Waals surface area contributed by atoms with Gasteiger partial charge in [0, 0.05) is 10.3 Å². The number of rotatable bonds is 1. The van der Waals surface area contributed by atoms with Crippen LogP contribution in [0.15, 0.2) is 17.5 Å². The van der Waals surface area contributed by atoms with E-state index < -0.39 is 0 Å². The number of fused-ring (bicyclic) bond motifs is 1. The average Bonchev–Trinajstić information content (AvgIpc) is 2.53. The molecule has 0 amide bonds. The molecule has 0 saturated heterocycles. The van der Waals surface area contributed by atoms with E-state index in [1.54, 1.807) is 17.4 Å². The van der Waals surface area contributed by atoms with E-state index in [0.29, 0.717) is 5.56 Å². The van der Waals surface area contributed by atoms with Gasteiger partial charge in [-0.05, 0) is 35.4 Å². The molecule has 2 N–H and O–H groups in total.